The molecule has 0 spiro atoms. The topological polar surface area (TPSA) is 83.7 Å². The molecule has 0 bridgehead atoms. The lowest BCUT2D eigenvalue weighted by Crippen LogP contribution is -2.39. The molecule has 0 fully saturated rings. The third-order valence-corrected chi connectivity index (χ3v) is 4.15. The van der Waals surface area contributed by atoms with E-state index in [1.54, 1.807) is 0 Å². The van der Waals surface area contributed by atoms with E-state index in [4.69, 9.17) is 0 Å². The minimum absolute atomic E-state index is 0.00864. The maximum absolute atomic E-state index is 12.8. The molecule has 122 valence electrons. The van der Waals surface area contributed by atoms with E-state index >= 15 is 0 Å². The summed E-state index contributed by atoms with van der Waals surface area (Å²) < 4.78 is 0. The summed E-state index contributed by atoms with van der Waals surface area (Å²) in [5.41, 5.74) is -0.349. The van der Waals surface area contributed by atoms with Crippen molar-refractivity contribution in [1.29, 1.82) is 0 Å². The van der Waals surface area contributed by atoms with Gasteiger partial charge in [-0.2, -0.15) is 0 Å². The number of benzene rings is 2. The van der Waals surface area contributed by atoms with E-state index in [1.165, 1.54) is 29.2 Å². The summed E-state index contributed by atoms with van der Waals surface area (Å²) in [6, 6.07) is 13.5. The molecular weight excluding hydrogens is 308 g/mol. The average Bonchev–Trinajstić information content (AvgIpc) is 2.78. The summed E-state index contributed by atoms with van der Waals surface area (Å²) in [5.74, 6) is -0.498. The molecule has 1 atom stereocenters. The Bertz CT molecular complexity index is 819. The molecule has 0 saturated heterocycles. The van der Waals surface area contributed by atoms with Crippen molar-refractivity contribution in [3.63, 3.8) is 0 Å². The van der Waals surface area contributed by atoms with Crippen molar-refractivity contribution in [2.45, 2.75) is 18.6 Å². The summed E-state index contributed by atoms with van der Waals surface area (Å²) in [5, 5.41) is 21.9. The molecule has 2 aromatic carbocycles. The number of nitro groups is 1. The van der Waals surface area contributed by atoms with Crippen molar-refractivity contribution in [3.8, 4) is 0 Å². The third kappa shape index (κ3) is 2.47. The van der Waals surface area contributed by atoms with Crippen LogP contribution in [-0.4, -0.2) is 15.9 Å². The van der Waals surface area contributed by atoms with Crippen LogP contribution in [0.1, 0.15) is 17.5 Å². The van der Waals surface area contributed by atoms with E-state index in [0.717, 1.165) is 5.56 Å². The number of anilines is 1. The fourth-order valence-electron chi connectivity index (χ4n) is 2.98. The second-order valence-corrected chi connectivity index (χ2v) is 5.69. The predicted octanol–water partition coefficient (Wildman–Crippen LogP) is 2.91. The molecule has 2 aromatic rings. The lowest BCUT2D eigenvalue weighted by Gasteiger charge is -2.22. The quantitative estimate of drug-likeness (QED) is 0.521. The molecule has 24 heavy (non-hydrogen) atoms. The highest BCUT2D eigenvalue weighted by Crippen LogP contribution is 2.44. The Morgan fingerprint density at radius 1 is 1.25 bits per heavy atom. The van der Waals surface area contributed by atoms with E-state index in [0.29, 0.717) is 5.69 Å². The lowest BCUT2D eigenvalue weighted by atomic mass is 9.91. The highest BCUT2D eigenvalue weighted by atomic mass is 16.6. The number of aliphatic hydroxyl groups is 1. The summed E-state index contributed by atoms with van der Waals surface area (Å²) in [4.78, 5) is 24.8. The van der Waals surface area contributed by atoms with E-state index in [-0.39, 0.29) is 24.2 Å². The van der Waals surface area contributed by atoms with Crippen LogP contribution >= 0.6 is 0 Å². The standard InChI is InChI=1S/C18H16N2O4/c1-2-10-18(22)15-11-14(20(23)24)8-9-16(15)19(17(18)21)12-13-6-4-3-5-7-13/h2-9,11,22H,1,10,12H2/t18-/m1/s1. The number of amides is 1. The van der Waals surface area contributed by atoms with E-state index in [1.807, 2.05) is 30.3 Å². The monoisotopic (exact) mass is 324 g/mol. The van der Waals surface area contributed by atoms with Crippen molar-refractivity contribution in [2.75, 3.05) is 4.90 Å². The fourth-order valence-corrected chi connectivity index (χ4v) is 2.98. The molecule has 0 aliphatic carbocycles. The summed E-state index contributed by atoms with van der Waals surface area (Å²) in [6.45, 7) is 3.86. The first-order valence-electron chi connectivity index (χ1n) is 7.45. The average molecular weight is 324 g/mol. The molecule has 3 rings (SSSR count). The highest BCUT2D eigenvalue weighted by Gasteiger charge is 2.49. The first-order chi connectivity index (χ1) is 11.5. The van der Waals surface area contributed by atoms with Gasteiger partial charge in [0, 0.05) is 24.1 Å². The van der Waals surface area contributed by atoms with E-state index < -0.39 is 16.4 Å². The molecule has 6 nitrogen and oxygen atoms in total. The molecule has 1 aliphatic rings. The van der Waals surface area contributed by atoms with Crippen LogP contribution in [0.15, 0.2) is 61.2 Å². The van der Waals surface area contributed by atoms with Gasteiger partial charge in [-0.05, 0) is 11.6 Å². The molecular formula is C18H16N2O4. The van der Waals surface area contributed by atoms with Gasteiger partial charge in [0.1, 0.15) is 0 Å². The van der Waals surface area contributed by atoms with Gasteiger partial charge in [-0.1, -0.05) is 36.4 Å². The molecule has 0 saturated carbocycles. The van der Waals surface area contributed by atoms with Crippen LogP contribution in [0.2, 0.25) is 0 Å². The Kier molecular flexibility index (Phi) is 3.91. The number of non-ortho nitro benzene ring substituents is 1. The maximum Gasteiger partial charge on any atom is 0.269 e. The van der Waals surface area contributed by atoms with Crippen LogP contribution in [0.25, 0.3) is 0 Å². The normalized spacial score (nSPS) is 19.2. The lowest BCUT2D eigenvalue weighted by molar-refractivity contribution is -0.385. The van der Waals surface area contributed by atoms with Crippen LogP contribution in [0.4, 0.5) is 11.4 Å². The molecule has 0 radical (unpaired) electrons. The highest BCUT2D eigenvalue weighted by molar-refractivity contribution is 6.07. The second kappa shape index (κ2) is 5.90. The van der Waals surface area contributed by atoms with Gasteiger partial charge in [-0.3, -0.25) is 14.9 Å². The second-order valence-electron chi connectivity index (χ2n) is 5.69. The minimum atomic E-state index is -1.82. The molecule has 1 aliphatic heterocycles. The Morgan fingerprint density at radius 3 is 2.58 bits per heavy atom. The van der Waals surface area contributed by atoms with Gasteiger partial charge in [-0.15, -0.1) is 6.58 Å². The first-order valence-corrected chi connectivity index (χ1v) is 7.45. The number of fused-ring (bicyclic) bond motifs is 1. The minimum Gasteiger partial charge on any atom is -0.375 e. The van der Waals surface area contributed by atoms with Crippen LogP contribution in [0.3, 0.4) is 0 Å². The van der Waals surface area contributed by atoms with Crippen molar-refractivity contribution in [2.24, 2.45) is 0 Å². The molecule has 1 N–H and O–H groups in total. The zero-order chi connectivity index (χ0) is 17.3. The summed E-state index contributed by atoms with van der Waals surface area (Å²) >= 11 is 0. The van der Waals surface area contributed by atoms with Gasteiger partial charge in [0.05, 0.1) is 17.2 Å². The van der Waals surface area contributed by atoms with E-state index in [2.05, 4.69) is 6.58 Å². The zero-order valence-electron chi connectivity index (χ0n) is 12.9. The maximum atomic E-state index is 12.8. The number of nitrogens with zero attached hydrogens (tertiary/aromatic N) is 2. The number of carbonyl (C=O) groups is 1. The number of hydrogen-bond acceptors (Lipinski definition) is 4. The van der Waals surface area contributed by atoms with Crippen molar-refractivity contribution >= 4 is 17.3 Å². The molecule has 6 heteroatoms. The van der Waals surface area contributed by atoms with Crippen LogP contribution in [-0.2, 0) is 16.9 Å². The van der Waals surface area contributed by atoms with Gasteiger partial charge in [0.2, 0.25) is 0 Å². The van der Waals surface area contributed by atoms with Crippen LogP contribution in [0.5, 0.6) is 0 Å². The van der Waals surface area contributed by atoms with Gasteiger partial charge < -0.3 is 10.0 Å². The van der Waals surface area contributed by atoms with Gasteiger partial charge in [0.25, 0.3) is 11.6 Å². The zero-order valence-corrected chi connectivity index (χ0v) is 12.9. The molecule has 1 amide bonds. The van der Waals surface area contributed by atoms with Gasteiger partial charge in [0.15, 0.2) is 5.60 Å². The van der Waals surface area contributed by atoms with Crippen LogP contribution in [0, 0.1) is 10.1 Å². The van der Waals surface area contributed by atoms with Crippen molar-refractivity contribution < 1.29 is 14.8 Å². The largest absolute Gasteiger partial charge is 0.375 e. The smallest absolute Gasteiger partial charge is 0.269 e. The summed E-state index contributed by atoms with van der Waals surface area (Å²) in [6.07, 6.45) is 1.43. The Balaban J connectivity index is 2.09. The number of carbonyl (C=O) groups excluding carboxylic acids is 1. The molecule has 0 unspecified atom stereocenters. The third-order valence-electron chi connectivity index (χ3n) is 4.15. The molecule has 0 aromatic heterocycles. The number of hydrogen-bond donors (Lipinski definition) is 1. The Hall–Kier alpha value is -2.99. The van der Waals surface area contributed by atoms with Gasteiger partial charge in [-0.25, -0.2) is 0 Å². The SMILES string of the molecule is C=CC[C@]1(O)C(=O)N(Cc2ccccc2)c2ccc([N+](=O)[O-])cc21. The summed E-state index contributed by atoms with van der Waals surface area (Å²) in [7, 11) is 0. The first kappa shape index (κ1) is 15.9. The van der Waals surface area contributed by atoms with Crippen LogP contribution < -0.4 is 4.90 Å². The van der Waals surface area contributed by atoms with Crippen molar-refractivity contribution in [3.05, 3.63) is 82.4 Å². The van der Waals surface area contributed by atoms with Gasteiger partial charge >= 0.3 is 0 Å². The van der Waals surface area contributed by atoms with E-state index in [9.17, 15) is 20.0 Å². The Labute approximate surface area is 138 Å². The fraction of sp³-hybridized carbons (Fsp3) is 0.167. The Morgan fingerprint density at radius 2 is 1.96 bits per heavy atom. The van der Waals surface area contributed by atoms with Crippen molar-refractivity contribution in [1.82, 2.24) is 0 Å². The molecule has 1 heterocycles. The predicted molar refractivity (Wildman–Crippen MR) is 89.4 cm³/mol. The number of nitro benzene ring substituents is 1. The number of rotatable bonds is 5.